The fraction of sp³-hybridized carbons (Fsp3) is 0.300. The molecule has 0 bridgehead atoms. The molecule has 7 nitrogen and oxygen atoms in total. The summed E-state index contributed by atoms with van der Waals surface area (Å²) in [4.78, 5) is 11.9. The van der Waals surface area contributed by atoms with Gasteiger partial charge in [0.25, 0.3) is 10.0 Å². The van der Waals surface area contributed by atoms with Crippen molar-refractivity contribution >= 4 is 21.1 Å². The molecule has 1 fully saturated rings. The quantitative estimate of drug-likeness (QED) is 0.791. The van der Waals surface area contributed by atoms with Crippen LogP contribution in [0, 0.1) is 0 Å². The van der Waals surface area contributed by atoms with Gasteiger partial charge in [0, 0.05) is 17.8 Å². The Balaban J connectivity index is 2.08. The van der Waals surface area contributed by atoms with Gasteiger partial charge in [0.2, 0.25) is 0 Å². The second-order valence-electron chi connectivity index (χ2n) is 3.99. The monoisotopic (exact) mass is 269 g/mol. The summed E-state index contributed by atoms with van der Waals surface area (Å²) in [6.45, 7) is -0.0743. The highest BCUT2D eigenvalue weighted by Gasteiger charge is 2.34. The summed E-state index contributed by atoms with van der Waals surface area (Å²) in [5, 5.41) is 9.82. The average Bonchev–Trinajstić information content (AvgIpc) is 2.95. The number of H-pyrrole nitrogens is 1. The number of rotatable bonds is 2. The maximum absolute atomic E-state index is 12.3. The zero-order valence-corrected chi connectivity index (χ0v) is 10.1. The maximum Gasteiger partial charge on any atom is 0.267 e. The zero-order chi connectivity index (χ0) is 12.8. The molecule has 1 aliphatic heterocycles. The summed E-state index contributed by atoms with van der Waals surface area (Å²) in [6, 6.07) is 3.33. The minimum Gasteiger partial charge on any atom is -0.389 e. The van der Waals surface area contributed by atoms with E-state index >= 15 is 0 Å². The minimum absolute atomic E-state index is 0.0141. The second-order valence-corrected chi connectivity index (χ2v) is 5.79. The topological polar surface area (TPSA) is 95.5 Å². The van der Waals surface area contributed by atoms with Gasteiger partial charge in [-0.05, 0) is 12.1 Å². The van der Waals surface area contributed by atoms with Crippen LogP contribution in [-0.2, 0) is 14.9 Å². The Kier molecular flexibility index (Phi) is 2.59. The molecule has 2 aromatic rings. The van der Waals surface area contributed by atoms with Crippen molar-refractivity contribution in [2.45, 2.75) is 11.0 Å². The van der Waals surface area contributed by atoms with Crippen molar-refractivity contribution < 1.29 is 18.4 Å². The van der Waals surface area contributed by atoms with Crippen molar-refractivity contribution in [2.75, 3.05) is 13.2 Å². The van der Waals surface area contributed by atoms with Crippen LogP contribution in [0.25, 0.3) is 11.0 Å². The molecule has 2 N–H and O–H groups in total. The van der Waals surface area contributed by atoms with Crippen molar-refractivity contribution in [3.8, 4) is 0 Å². The van der Waals surface area contributed by atoms with E-state index in [1.165, 1.54) is 6.20 Å². The average molecular weight is 269 g/mol. The summed E-state index contributed by atoms with van der Waals surface area (Å²) >= 11 is 0. The van der Waals surface area contributed by atoms with Gasteiger partial charge in [0.1, 0.15) is 10.5 Å². The Morgan fingerprint density at radius 2 is 2.39 bits per heavy atom. The van der Waals surface area contributed by atoms with E-state index in [0.717, 1.165) is 4.47 Å². The molecule has 3 rings (SSSR count). The molecule has 1 aliphatic rings. The van der Waals surface area contributed by atoms with E-state index < -0.39 is 16.1 Å². The molecule has 0 saturated carbocycles. The number of nitrogens with zero attached hydrogens (tertiary/aromatic N) is 2. The van der Waals surface area contributed by atoms with E-state index in [1.807, 2.05) is 0 Å². The lowest BCUT2D eigenvalue weighted by Gasteiger charge is -2.13. The number of β-amino-alcohol motifs (C(OH)–C–C–N with tert-alkyl or cyclic N) is 1. The number of aliphatic hydroxyl groups excluding tert-OH is 1. The summed E-state index contributed by atoms with van der Waals surface area (Å²) in [6.07, 6.45) is 2.16. The highest BCUT2D eigenvalue weighted by Crippen LogP contribution is 2.26. The molecule has 2 aromatic heterocycles. The van der Waals surface area contributed by atoms with Gasteiger partial charge in [-0.25, -0.2) is 13.4 Å². The molecular weight excluding hydrogens is 258 g/mol. The fourth-order valence-electron chi connectivity index (χ4n) is 1.87. The number of hydroxylamine groups is 1. The number of hydrogen-bond acceptors (Lipinski definition) is 5. The fourth-order valence-corrected chi connectivity index (χ4v) is 3.31. The van der Waals surface area contributed by atoms with E-state index in [9.17, 15) is 13.5 Å². The van der Waals surface area contributed by atoms with Gasteiger partial charge in [-0.1, -0.05) is 4.47 Å². The van der Waals surface area contributed by atoms with Crippen LogP contribution in [0.3, 0.4) is 0 Å². The summed E-state index contributed by atoms with van der Waals surface area (Å²) in [5.41, 5.74) is 0.496. The van der Waals surface area contributed by atoms with Crippen LogP contribution in [-0.4, -0.2) is 47.2 Å². The van der Waals surface area contributed by atoms with Gasteiger partial charge < -0.3 is 10.1 Å². The Labute approximate surface area is 103 Å². The minimum atomic E-state index is -3.78. The summed E-state index contributed by atoms with van der Waals surface area (Å²) in [5.74, 6) is 0. The molecule has 96 valence electrons. The van der Waals surface area contributed by atoms with Gasteiger partial charge >= 0.3 is 0 Å². The summed E-state index contributed by atoms with van der Waals surface area (Å²) in [7, 11) is -3.78. The molecule has 0 amide bonds. The molecule has 0 aliphatic carbocycles. The third-order valence-electron chi connectivity index (χ3n) is 2.73. The molecule has 0 radical (unpaired) electrons. The molecule has 3 heterocycles. The summed E-state index contributed by atoms with van der Waals surface area (Å²) < 4.78 is 25.4. The van der Waals surface area contributed by atoms with Gasteiger partial charge in [-0.15, -0.1) is 0 Å². The maximum atomic E-state index is 12.3. The highest BCUT2D eigenvalue weighted by molar-refractivity contribution is 7.89. The van der Waals surface area contributed by atoms with E-state index in [1.54, 1.807) is 18.3 Å². The number of aliphatic hydroxyl groups is 1. The van der Waals surface area contributed by atoms with Gasteiger partial charge in [0.15, 0.2) is 0 Å². The SMILES string of the molecule is O=S(=O)(c1c[nH]c2ncccc12)N1C[C@@H](O)CO1. The van der Waals surface area contributed by atoms with Gasteiger partial charge in [-0.2, -0.15) is 0 Å². The smallest absolute Gasteiger partial charge is 0.267 e. The Morgan fingerprint density at radius 3 is 3.11 bits per heavy atom. The highest BCUT2D eigenvalue weighted by atomic mass is 32.2. The number of hydrogen-bond donors (Lipinski definition) is 2. The molecule has 0 spiro atoms. The van der Waals surface area contributed by atoms with E-state index in [2.05, 4.69) is 9.97 Å². The van der Waals surface area contributed by atoms with Gasteiger partial charge in [-0.3, -0.25) is 4.84 Å². The predicted octanol–water partition coefficient (Wildman–Crippen LogP) is -0.140. The van der Waals surface area contributed by atoms with Crippen LogP contribution in [0.1, 0.15) is 0 Å². The lowest BCUT2D eigenvalue weighted by molar-refractivity contribution is -0.0316. The van der Waals surface area contributed by atoms with Crippen LogP contribution in [0.5, 0.6) is 0 Å². The third kappa shape index (κ3) is 1.70. The van der Waals surface area contributed by atoms with Crippen LogP contribution in [0.15, 0.2) is 29.4 Å². The second kappa shape index (κ2) is 4.02. The normalized spacial score (nSPS) is 21.7. The standard InChI is InChI=1S/C10H11N3O4S/c14-7-5-13(17-6-7)18(15,16)9-4-12-10-8(9)2-1-3-11-10/h1-4,7,14H,5-6H2,(H,11,12)/t7-/m1/s1. The molecule has 0 unspecified atom stereocenters. The molecule has 18 heavy (non-hydrogen) atoms. The number of aromatic amines is 1. The van der Waals surface area contributed by atoms with Crippen LogP contribution >= 0.6 is 0 Å². The zero-order valence-electron chi connectivity index (χ0n) is 9.28. The Morgan fingerprint density at radius 1 is 1.56 bits per heavy atom. The first-order valence-electron chi connectivity index (χ1n) is 5.35. The first-order chi connectivity index (χ1) is 8.59. The molecule has 0 aromatic carbocycles. The lowest BCUT2D eigenvalue weighted by Crippen LogP contribution is -2.28. The van der Waals surface area contributed by atoms with Crippen molar-refractivity contribution in [3.63, 3.8) is 0 Å². The van der Waals surface area contributed by atoms with E-state index in [4.69, 9.17) is 4.84 Å². The van der Waals surface area contributed by atoms with Crippen LogP contribution in [0.4, 0.5) is 0 Å². The predicted molar refractivity (Wildman–Crippen MR) is 61.9 cm³/mol. The van der Waals surface area contributed by atoms with Crippen molar-refractivity contribution in [1.29, 1.82) is 0 Å². The lowest BCUT2D eigenvalue weighted by atomic mass is 10.3. The number of pyridine rings is 1. The van der Waals surface area contributed by atoms with E-state index in [-0.39, 0.29) is 18.0 Å². The number of nitrogens with one attached hydrogen (secondary N) is 1. The molecular formula is C10H11N3O4S. The number of fused-ring (bicyclic) bond motifs is 1. The Hall–Kier alpha value is -1.48. The third-order valence-corrected chi connectivity index (χ3v) is 4.41. The first kappa shape index (κ1) is 11.6. The van der Waals surface area contributed by atoms with Gasteiger partial charge in [0.05, 0.1) is 19.3 Å². The Bertz CT molecular complexity index is 681. The largest absolute Gasteiger partial charge is 0.389 e. The molecule has 8 heteroatoms. The van der Waals surface area contributed by atoms with Crippen LogP contribution < -0.4 is 0 Å². The van der Waals surface area contributed by atoms with Crippen LogP contribution in [0.2, 0.25) is 0 Å². The number of sulfonamides is 1. The van der Waals surface area contributed by atoms with E-state index in [0.29, 0.717) is 11.0 Å². The molecule has 1 saturated heterocycles. The van der Waals surface area contributed by atoms with Crippen molar-refractivity contribution in [3.05, 3.63) is 24.5 Å². The van der Waals surface area contributed by atoms with Crippen molar-refractivity contribution in [2.24, 2.45) is 0 Å². The molecule has 1 atom stereocenters. The number of aromatic nitrogens is 2. The van der Waals surface area contributed by atoms with Crippen molar-refractivity contribution in [1.82, 2.24) is 14.4 Å². The first-order valence-corrected chi connectivity index (χ1v) is 6.79.